The van der Waals surface area contributed by atoms with Crippen molar-refractivity contribution in [1.82, 2.24) is 14.9 Å². The van der Waals surface area contributed by atoms with E-state index in [1.54, 1.807) is 12.4 Å². The third-order valence-electron chi connectivity index (χ3n) is 3.13. The van der Waals surface area contributed by atoms with Gasteiger partial charge in [-0.25, -0.2) is 10.8 Å². The Balaban J connectivity index is 1.98. The molecule has 1 saturated heterocycles. The molecule has 0 amide bonds. The van der Waals surface area contributed by atoms with Gasteiger partial charge in [0, 0.05) is 19.1 Å². The molecule has 5 heteroatoms. The van der Waals surface area contributed by atoms with Crippen molar-refractivity contribution in [3.63, 3.8) is 0 Å². The Labute approximate surface area is 96.0 Å². The van der Waals surface area contributed by atoms with E-state index in [0.717, 1.165) is 24.7 Å². The first-order valence-electron chi connectivity index (χ1n) is 5.70. The van der Waals surface area contributed by atoms with E-state index in [-0.39, 0.29) is 0 Å². The predicted molar refractivity (Wildman–Crippen MR) is 63.5 cm³/mol. The monoisotopic (exact) mass is 221 g/mol. The maximum atomic E-state index is 5.24. The van der Waals surface area contributed by atoms with E-state index in [1.807, 2.05) is 0 Å². The van der Waals surface area contributed by atoms with Gasteiger partial charge in [-0.3, -0.25) is 9.88 Å². The topological polar surface area (TPSA) is 67.1 Å². The molecule has 0 radical (unpaired) electrons. The summed E-state index contributed by atoms with van der Waals surface area (Å²) in [5.74, 6) is 6.63. The van der Waals surface area contributed by atoms with Gasteiger partial charge < -0.3 is 5.43 Å². The van der Waals surface area contributed by atoms with Crippen LogP contribution in [0.1, 0.15) is 26.0 Å². The molecule has 0 bridgehead atoms. The number of hydrogen-bond donors (Lipinski definition) is 2. The summed E-state index contributed by atoms with van der Waals surface area (Å²) in [6.45, 7) is 6.60. The highest BCUT2D eigenvalue weighted by Gasteiger charge is 2.26. The molecule has 1 fully saturated rings. The summed E-state index contributed by atoms with van der Waals surface area (Å²) < 4.78 is 0. The largest absolute Gasteiger partial charge is 0.307 e. The van der Waals surface area contributed by atoms with Crippen molar-refractivity contribution in [2.75, 3.05) is 12.0 Å². The van der Waals surface area contributed by atoms with Gasteiger partial charge in [-0.05, 0) is 19.3 Å². The number of likely N-dealkylation sites (tertiary alicyclic amines) is 1. The van der Waals surface area contributed by atoms with Crippen LogP contribution in [0.25, 0.3) is 0 Å². The van der Waals surface area contributed by atoms with E-state index in [4.69, 9.17) is 5.84 Å². The van der Waals surface area contributed by atoms with Crippen LogP contribution in [-0.4, -0.2) is 27.5 Å². The minimum absolute atomic E-state index is 0.603. The van der Waals surface area contributed by atoms with E-state index in [9.17, 15) is 0 Å². The van der Waals surface area contributed by atoms with Crippen LogP contribution in [0.4, 0.5) is 5.82 Å². The van der Waals surface area contributed by atoms with Gasteiger partial charge in [-0.1, -0.05) is 6.92 Å². The van der Waals surface area contributed by atoms with E-state index < -0.39 is 0 Å². The molecular formula is C11H19N5. The molecule has 2 rings (SSSR count). The summed E-state index contributed by atoms with van der Waals surface area (Å²) in [5, 5.41) is 0. The Bertz CT molecular complexity index is 337. The van der Waals surface area contributed by atoms with Gasteiger partial charge in [0.2, 0.25) is 0 Å². The highest BCUT2D eigenvalue weighted by Crippen LogP contribution is 2.23. The molecule has 1 aliphatic heterocycles. The summed E-state index contributed by atoms with van der Waals surface area (Å²) in [6, 6.07) is 0.643. The zero-order valence-corrected chi connectivity index (χ0v) is 9.85. The number of nitrogens with two attached hydrogens (primary N) is 1. The number of aromatic nitrogens is 2. The van der Waals surface area contributed by atoms with Gasteiger partial charge in [0.15, 0.2) is 5.82 Å². The number of rotatable bonds is 3. The van der Waals surface area contributed by atoms with Crippen molar-refractivity contribution in [2.45, 2.75) is 32.9 Å². The molecule has 0 spiro atoms. The third-order valence-corrected chi connectivity index (χ3v) is 3.13. The van der Waals surface area contributed by atoms with Gasteiger partial charge in [0.05, 0.1) is 18.1 Å². The quantitative estimate of drug-likeness (QED) is 0.588. The number of nitrogen functional groups attached to an aromatic ring is 1. The average Bonchev–Trinajstić information content (AvgIpc) is 2.59. The summed E-state index contributed by atoms with van der Waals surface area (Å²) >= 11 is 0. The van der Waals surface area contributed by atoms with E-state index >= 15 is 0 Å². The SMILES string of the molecule is CC1CC(C)N(Cc2cnc(NN)cn2)C1. The number of nitrogens with zero attached hydrogens (tertiary/aromatic N) is 3. The molecule has 1 aliphatic rings. The fraction of sp³-hybridized carbons (Fsp3) is 0.636. The number of hydrogen-bond acceptors (Lipinski definition) is 5. The smallest absolute Gasteiger partial charge is 0.158 e. The summed E-state index contributed by atoms with van der Waals surface area (Å²) in [4.78, 5) is 10.9. The van der Waals surface area contributed by atoms with Gasteiger partial charge in [0.25, 0.3) is 0 Å². The fourth-order valence-electron chi connectivity index (χ4n) is 2.33. The lowest BCUT2D eigenvalue weighted by molar-refractivity contribution is 0.253. The van der Waals surface area contributed by atoms with Gasteiger partial charge in [-0.2, -0.15) is 0 Å². The highest BCUT2D eigenvalue weighted by molar-refractivity contribution is 5.28. The van der Waals surface area contributed by atoms with Crippen LogP contribution in [0, 0.1) is 5.92 Å². The van der Waals surface area contributed by atoms with Crippen molar-refractivity contribution >= 4 is 5.82 Å². The summed E-state index contributed by atoms with van der Waals surface area (Å²) in [5.41, 5.74) is 3.48. The van der Waals surface area contributed by atoms with Crippen LogP contribution >= 0.6 is 0 Å². The Morgan fingerprint density at radius 1 is 1.44 bits per heavy atom. The second-order valence-electron chi connectivity index (χ2n) is 4.66. The zero-order valence-electron chi connectivity index (χ0n) is 9.85. The second kappa shape index (κ2) is 4.76. The molecule has 1 aromatic heterocycles. The van der Waals surface area contributed by atoms with E-state index in [1.165, 1.54) is 6.42 Å². The van der Waals surface area contributed by atoms with Crippen molar-refractivity contribution in [3.8, 4) is 0 Å². The molecule has 0 saturated carbocycles. The normalized spacial score (nSPS) is 25.9. The molecule has 1 aromatic rings. The van der Waals surface area contributed by atoms with Gasteiger partial charge in [-0.15, -0.1) is 0 Å². The van der Waals surface area contributed by atoms with Crippen molar-refractivity contribution < 1.29 is 0 Å². The Morgan fingerprint density at radius 2 is 2.25 bits per heavy atom. The Kier molecular flexibility index (Phi) is 3.36. The molecule has 88 valence electrons. The van der Waals surface area contributed by atoms with Crippen LogP contribution in [0.2, 0.25) is 0 Å². The second-order valence-corrected chi connectivity index (χ2v) is 4.66. The highest BCUT2D eigenvalue weighted by atomic mass is 15.3. The van der Waals surface area contributed by atoms with Crippen LogP contribution < -0.4 is 11.3 Å². The summed E-state index contributed by atoms with van der Waals surface area (Å²) in [6.07, 6.45) is 4.72. The maximum absolute atomic E-state index is 5.24. The van der Waals surface area contributed by atoms with Crippen molar-refractivity contribution in [2.24, 2.45) is 11.8 Å². The van der Waals surface area contributed by atoms with E-state index in [0.29, 0.717) is 11.9 Å². The number of hydrazine groups is 1. The summed E-state index contributed by atoms with van der Waals surface area (Å²) in [7, 11) is 0. The van der Waals surface area contributed by atoms with Crippen molar-refractivity contribution in [1.29, 1.82) is 0 Å². The molecule has 3 N–H and O–H groups in total. The molecule has 2 heterocycles. The third kappa shape index (κ3) is 2.48. The lowest BCUT2D eigenvalue weighted by atomic mass is 10.1. The molecular weight excluding hydrogens is 202 g/mol. The Morgan fingerprint density at radius 3 is 2.75 bits per heavy atom. The first kappa shape index (κ1) is 11.3. The molecule has 2 unspecified atom stereocenters. The predicted octanol–water partition coefficient (Wildman–Crippen LogP) is 0.992. The number of anilines is 1. The molecule has 0 aliphatic carbocycles. The van der Waals surface area contributed by atoms with Crippen LogP contribution in [-0.2, 0) is 6.54 Å². The van der Waals surface area contributed by atoms with Crippen LogP contribution in [0.15, 0.2) is 12.4 Å². The first-order valence-corrected chi connectivity index (χ1v) is 5.70. The maximum Gasteiger partial charge on any atom is 0.158 e. The van der Waals surface area contributed by atoms with Gasteiger partial charge >= 0.3 is 0 Å². The lowest BCUT2D eigenvalue weighted by Crippen LogP contribution is -2.27. The molecule has 16 heavy (non-hydrogen) atoms. The van der Waals surface area contributed by atoms with Crippen LogP contribution in [0.3, 0.4) is 0 Å². The first-order chi connectivity index (χ1) is 7.69. The standard InChI is InChI=1S/C11H19N5/c1-8-3-9(2)16(6-8)7-10-4-14-11(15-12)5-13-10/h4-5,8-9H,3,6-7,12H2,1-2H3,(H,14,15). The minimum Gasteiger partial charge on any atom is -0.307 e. The molecule has 2 atom stereocenters. The molecule has 0 aromatic carbocycles. The minimum atomic E-state index is 0.603. The molecule has 5 nitrogen and oxygen atoms in total. The Hall–Kier alpha value is -1.20. The fourth-order valence-corrected chi connectivity index (χ4v) is 2.33. The van der Waals surface area contributed by atoms with Crippen molar-refractivity contribution in [3.05, 3.63) is 18.1 Å². The van der Waals surface area contributed by atoms with Gasteiger partial charge in [0.1, 0.15) is 0 Å². The van der Waals surface area contributed by atoms with E-state index in [2.05, 4.69) is 34.1 Å². The number of nitrogens with one attached hydrogen (secondary N) is 1. The lowest BCUT2D eigenvalue weighted by Gasteiger charge is -2.20. The average molecular weight is 221 g/mol. The van der Waals surface area contributed by atoms with Crippen LogP contribution in [0.5, 0.6) is 0 Å². The zero-order chi connectivity index (χ0) is 11.5.